The number of nitrogens with one attached hydrogen (secondary N) is 2. The molecule has 0 aliphatic heterocycles. The smallest absolute Gasteiger partial charge is 0.327 e. The second-order valence-corrected chi connectivity index (χ2v) is 4.93. The fraction of sp³-hybridized carbons (Fsp3) is 0.333. The van der Waals surface area contributed by atoms with Gasteiger partial charge in [-0.3, -0.25) is 4.79 Å². The number of H-pyrrole nitrogens is 1. The number of fused-ring (bicyclic) bond motifs is 1. The number of nitrogens with zero attached hydrogens (tertiary/aromatic N) is 1. The number of hydrogen-bond donors (Lipinski definition) is 3. The van der Waals surface area contributed by atoms with Crippen LogP contribution in [-0.2, 0) is 9.63 Å². The first-order chi connectivity index (χ1) is 9.72. The normalized spacial score (nSPS) is 10.7. The molecule has 0 unspecified atom stereocenters. The van der Waals surface area contributed by atoms with Gasteiger partial charge in [-0.25, -0.2) is 10.8 Å². The summed E-state index contributed by atoms with van der Waals surface area (Å²) in [5.41, 5.74) is 3.63. The molecule has 0 aliphatic carbocycles. The van der Waals surface area contributed by atoms with Gasteiger partial charge in [-0.15, -0.1) is 0 Å². The van der Waals surface area contributed by atoms with Crippen LogP contribution in [-0.4, -0.2) is 28.3 Å². The molecule has 20 heavy (non-hydrogen) atoms. The molecule has 2 aromatic rings. The Kier molecular flexibility index (Phi) is 5.22. The van der Waals surface area contributed by atoms with Gasteiger partial charge in [0.05, 0.1) is 24.1 Å². The molecule has 0 spiro atoms. The summed E-state index contributed by atoms with van der Waals surface area (Å²) in [6.45, 7) is 2.56. The standard InChI is InChI=1S/C12H16N4O3S/c1-2-18-8-3-4-9-10(7-8)15-12(14-9)20-6-5-11(17)19-16-13/h3-4,7,16H,2,5-6,13H2,1H3,(H,14,15). The minimum Gasteiger partial charge on any atom is -0.494 e. The van der Waals surface area contributed by atoms with Crippen molar-refractivity contribution < 1.29 is 14.4 Å². The molecule has 0 fully saturated rings. The van der Waals surface area contributed by atoms with E-state index >= 15 is 0 Å². The maximum absolute atomic E-state index is 11.1. The number of benzene rings is 1. The third-order valence-corrected chi connectivity index (χ3v) is 3.34. The van der Waals surface area contributed by atoms with Crippen molar-refractivity contribution in [2.75, 3.05) is 12.4 Å². The predicted octanol–water partition coefficient (Wildman–Crippen LogP) is 1.37. The minimum absolute atomic E-state index is 0.246. The lowest BCUT2D eigenvalue weighted by molar-refractivity contribution is -0.150. The van der Waals surface area contributed by atoms with Gasteiger partial charge < -0.3 is 14.6 Å². The zero-order chi connectivity index (χ0) is 14.4. The summed E-state index contributed by atoms with van der Waals surface area (Å²) in [7, 11) is 0. The minimum atomic E-state index is -0.408. The fourth-order valence-corrected chi connectivity index (χ4v) is 2.45. The molecule has 1 aromatic carbocycles. The van der Waals surface area contributed by atoms with E-state index in [0.717, 1.165) is 21.9 Å². The van der Waals surface area contributed by atoms with Gasteiger partial charge in [0.1, 0.15) is 5.75 Å². The zero-order valence-corrected chi connectivity index (χ0v) is 11.8. The summed E-state index contributed by atoms with van der Waals surface area (Å²) >= 11 is 1.44. The number of hydrogen-bond acceptors (Lipinski definition) is 7. The van der Waals surface area contributed by atoms with E-state index in [2.05, 4.69) is 14.8 Å². The molecule has 8 heteroatoms. The summed E-state index contributed by atoms with van der Waals surface area (Å²) in [6, 6.07) is 5.68. The van der Waals surface area contributed by atoms with E-state index in [4.69, 9.17) is 10.6 Å². The first-order valence-corrected chi connectivity index (χ1v) is 7.12. The van der Waals surface area contributed by atoms with Crippen molar-refractivity contribution in [3.05, 3.63) is 18.2 Å². The Labute approximate surface area is 120 Å². The van der Waals surface area contributed by atoms with E-state index in [-0.39, 0.29) is 6.42 Å². The molecule has 1 heterocycles. The van der Waals surface area contributed by atoms with Crippen LogP contribution in [0.2, 0.25) is 0 Å². The Morgan fingerprint density at radius 2 is 2.40 bits per heavy atom. The van der Waals surface area contributed by atoms with Gasteiger partial charge in [-0.1, -0.05) is 17.4 Å². The lowest BCUT2D eigenvalue weighted by Crippen LogP contribution is -2.26. The molecule has 2 rings (SSSR count). The van der Waals surface area contributed by atoms with Crippen molar-refractivity contribution in [2.45, 2.75) is 18.5 Å². The number of imidazole rings is 1. The maximum atomic E-state index is 11.1. The number of thioether (sulfide) groups is 1. The average Bonchev–Trinajstić information content (AvgIpc) is 2.81. The first kappa shape index (κ1) is 14.6. The van der Waals surface area contributed by atoms with Crippen molar-refractivity contribution >= 4 is 28.8 Å². The van der Waals surface area contributed by atoms with Gasteiger partial charge in [0.25, 0.3) is 0 Å². The Hall–Kier alpha value is -1.77. The maximum Gasteiger partial charge on any atom is 0.327 e. The molecule has 7 nitrogen and oxygen atoms in total. The fourth-order valence-electron chi connectivity index (χ4n) is 1.64. The number of aromatic nitrogens is 2. The van der Waals surface area contributed by atoms with Crippen molar-refractivity contribution in [3.8, 4) is 5.75 Å². The molecular formula is C12H16N4O3S. The van der Waals surface area contributed by atoms with E-state index < -0.39 is 5.97 Å². The molecule has 4 N–H and O–H groups in total. The van der Waals surface area contributed by atoms with Gasteiger partial charge in [0, 0.05) is 11.8 Å². The van der Waals surface area contributed by atoms with Crippen molar-refractivity contribution in [3.63, 3.8) is 0 Å². The van der Waals surface area contributed by atoms with Gasteiger partial charge in [-0.2, -0.15) is 0 Å². The topological polar surface area (TPSA) is 102 Å². The summed E-state index contributed by atoms with van der Waals surface area (Å²) in [5, 5.41) is 0.752. The molecule has 0 saturated carbocycles. The van der Waals surface area contributed by atoms with E-state index in [1.165, 1.54) is 11.8 Å². The molecule has 0 aliphatic rings. The van der Waals surface area contributed by atoms with Crippen LogP contribution in [0, 0.1) is 0 Å². The van der Waals surface area contributed by atoms with Crippen LogP contribution < -0.4 is 16.2 Å². The predicted molar refractivity (Wildman–Crippen MR) is 76.0 cm³/mol. The third-order valence-electron chi connectivity index (χ3n) is 2.46. The largest absolute Gasteiger partial charge is 0.494 e. The second-order valence-electron chi connectivity index (χ2n) is 3.84. The van der Waals surface area contributed by atoms with Gasteiger partial charge in [-0.05, 0) is 19.1 Å². The lowest BCUT2D eigenvalue weighted by atomic mass is 10.3. The lowest BCUT2D eigenvalue weighted by Gasteiger charge is -2.00. The van der Waals surface area contributed by atoms with Crippen LogP contribution in [0.15, 0.2) is 23.4 Å². The Morgan fingerprint density at radius 1 is 1.55 bits per heavy atom. The number of aromatic amines is 1. The van der Waals surface area contributed by atoms with E-state index in [1.54, 1.807) is 0 Å². The number of carbonyl (C=O) groups excluding carboxylic acids is 1. The van der Waals surface area contributed by atoms with Crippen LogP contribution >= 0.6 is 11.8 Å². The molecular weight excluding hydrogens is 280 g/mol. The average molecular weight is 296 g/mol. The van der Waals surface area contributed by atoms with Crippen LogP contribution in [0.1, 0.15) is 13.3 Å². The number of nitrogens with two attached hydrogens (primary N) is 1. The molecule has 0 bridgehead atoms. The molecule has 0 amide bonds. The summed E-state index contributed by atoms with van der Waals surface area (Å²) in [5.74, 6) is 5.82. The molecule has 0 atom stereocenters. The molecule has 1 aromatic heterocycles. The second kappa shape index (κ2) is 7.13. The van der Waals surface area contributed by atoms with Crippen LogP contribution in [0.4, 0.5) is 0 Å². The Bertz CT molecular complexity index is 587. The quantitative estimate of drug-likeness (QED) is 0.403. The monoisotopic (exact) mass is 296 g/mol. The number of ether oxygens (including phenoxy) is 1. The first-order valence-electron chi connectivity index (χ1n) is 6.13. The van der Waals surface area contributed by atoms with Crippen LogP contribution in [0.25, 0.3) is 11.0 Å². The van der Waals surface area contributed by atoms with Crippen molar-refractivity contribution in [1.29, 1.82) is 0 Å². The Balaban J connectivity index is 1.95. The molecule has 0 radical (unpaired) electrons. The van der Waals surface area contributed by atoms with E-state index in [0.29, 0.717) is 12.4 Å². The highest BCUT2D eigenvalue weighted by Crippen LogP contribution is 2.23. The molecule has 108 valence electrons. The third kappa shape index (κ3) is 3.86. The zero-order valence-electron chi connectivity index (χ0n) is 11.0. The van der Waals surface area contributed by atoms with E-state index in [1.807, 2.05) is 30.7 Å². The highest BCUT2D eigenvalue weighted by Gasteiger charge is 2.07. The van der Waals surface area contributed by atoms with Gasteiger partial charge >= 0.3 is 5.97 Å². The van der Waals surface area contributed by atoms with Crippen LogP contribution in [0.5, 0.6) is 5.75 Å². The highest BCUT2D eigenvalue weighted by molar-refractivity contribution is 7.99. The van der Waals surface area contributed by atoms with E-state index in [9.17, 15) is 4.79 Å². The highest BCUT2D eigenvalue weighted by atomic mass is 32.2. The van der Waals surface area contributed by atoms with Gasteiger partial charge in [0.2, 0.25) is 0 Å². The summed E-state index contributed by atoms with van der Waals surface area (Å²) in [6.07, 6.45) is 0.246. The summed E-state index contributed by atoms with van der Waals surface area (Å²) in [4.78, 5) is 23.1. The Morgan fingerprint density at radius 3 is 3.15 bits per heavy atom. The van der Waals surface area contributed by atoms with Crippen LogP contribution in [0.3, 0.4) is 0 Å². The summed E-state index contributed by atoms with van der Waals surface area (Å²) < 4.78 is 5.43. The number of carbonyl (C=O) groups is 1. The SMILES string of the molecule is CCOc1ccc2nc(SCCC(=O)ONN)[nH]c2c1. The van der Waals surface area contributed by atoms with Crippen molar-refractivity contribution in [1.82, 2.24) is 15.6 Å². The number of rotatable bonds is 7. The molecule has 0 saturated heterocycles. The number of hydrazine groups is 1. The van der Waals surface area contributed by atoms with Gasteiger partial charge in [0.15, 0.2) is 5.16 Å². The van der Waals surface area contributed by atoms with Crippen molar-refractivity contribution in [2.24, 2.45) is 5.84 Å².